The number of carbonyl (C=O) groups excluding carboxylic acids is 2. The molecule has 104 valence electrons. The van der Waals surface area contributed by atoms with Gasteiger partial charge in [0.2, 0.25) is 0 Å². The molecule has 0 fully saturated rings. The fraction of sp³-hybridized carbons (Fsp3) is 0.385. The predicted molar refractivity (Wildman–Crippen MR) is 74.7 cm³/mol. The molecule has 0 bridgehead atoms. The van der Waals surface area contributed by atoms with Crippen molar-refractivity contribution in [3.05, 3.63) is 33.8 Å². The highest BCUT2D eigenvalue weighted by molar-refractivity contribution is 6.35. The highest BCUT2D eigenvalue weighted by atomic mass is 35.5. The number of esters is 1. The van der Waals surface area contributed by atoms with E-state index in [1.807, 2.05) is 6.92 Å². The number of unbranched alkanes of at least 4 members (excludes halogenated alkanes) is 1. The molecule has 1 N–H and O–H groups in total. The Morgan fingerprint density at radius 2 is 1.84 bits per heavy atom. The fourth-order valence-electron chi connectivity index (χ4n) is 1.34. The van der Waals surface area contributed by atoms with Crippen LogP contribution in [0.2, 0.25) is 10.0 Å². The molecule has 4 nitrogen and oxygen atoms in total. The molecule has 0 radical (unpaired) electrons. The number of halogens is 2. The molecule has 0 spiro atoms. The first-order valence-electron chi connectivity index (χ1n) is 5.93. The lowest BCUT2D eigenvalue weighted by molar-refractivity contribution is -0.124. The van der Waals surface area contributed by atoms with Crippen molar-refractivity contribution in [2.24, 2.45) is 0 Å². The molecule has 0 aliphatic rings. The molecular formula is C13H15Cl2NO3. The molecule has 6 heteroatoms. The molecule has 1 amide bonds. The summed E-state index contributed by atoms with van der Waals surface area (Å²) in [6.07, 6.45) is 1.88. The molecule has 0 aliphatic carbocycles. The summed E-state index contributed by atoms with van der Waals surface area (Å²) in [6, 6.07) is 4.38. The van der Waals surface area contributed by atoms with Gasteiger partial charge in [0.15, 0.2) is 6.61 Å². The second-order valence-corrected chi connectivity index (χ2v) is 4.81. The quantitative estimate of drug-likeness (QED) is 0.649. The Morgan fingerprint density at radius 3 is 2.42 bits per heavy atom. The first-order chi connectivity index (χ1) is 9.02. The summed E-state index contributed by atoms with van der Waals surface area (Å²) in [4.78, 5) is 23.0. The number of hydrogen-bond donors (Lipinski definition) is 1. The third-order valence-corrected chi connectivity index (χ3v) is 2.72. The molecular weight excluding hydrogens is 289 g/mol. The Hall–Kier alpha value is -1.26. The summed E-state index contributed by atoms with van der Waals surface area (Å²) < 4.78 is 4.86. The van der Waals surface area contributed by atoms with Crippen LogP contribution in [0.25, 0.3) is 0 Å². The van der Waals surface area contributed by atoms with Gasteiger partial charge in [0, 0.05) is 16.6 Å². The first-order valence-corrected chi connectivity index (χ1v) is 6.68. The molecule has 0 unspecified atom stereocenters. The molecule has 1 rings (SSSR count). The van der Waals surface area contributed by atoms with Crippen molar-refractivity contribution in [3.8, 4) is 0 Å². The lowest BCUT2D eigenvalue weighted by Crippen LogP contribution is -2.29. The zero-order valence-electron chi connectivity index (χ0n) is 10.5. The van der Waals surface area contributed by atoms with Crippen LogP contribution >= 0.6 is 23.2 Å². The fourth-order valence-corrected chi connectivity index (χ4v) is 1.87. The summed E-state index contributed by atoms with van der Waals surface area (Å²) >= 11 is 11.5. The highest BCUT2D eigenvalue weighted by Gasteiger charge is 2.11. The van der Waals surface area contributed by atoms with Gasteiger partial charge in [-0.15, -0.1) is 0 Å². The van der Waals surface area contributed by atoms with Crippen molar-refractivity contribution < 1.29 is 14.3 Å². The highest BCUT2D eigenvalue weighted by Crippen LogP contribution is 2.19. The maximum atomic E-state index is 11.7. The zero-order chi connectivity index (χ0) is 14.3. The number of hydrogen-bond acceptors (Lipinski definition) is 3. The Kier molecular flexibility index (Phi) is 6.67. The van der Waals surface area contributed by atoms with Gasteiger partial charge in [-0.05, 0) is 24.6 Å². The number of ether oxygens (including phenoxy) is 1. The number of carbonyl (C=O) groups is 2. The topological polar surface area (TPSA) is 55.4 Å². The van der Waals surface area contributed by atoms with Crippen molar-refractivity contribution in [3.63, 3.8) is 0 Å². The van der Waals surface area contributed by atoms with E-state index in [-0.39, 0.29) is 18.1 Å². The summed E-state index contributed by atoms with van der Waals surface area (Å²) in [5, 5.41) is 3.32. The maximum Gasteiger partial charge on any atom is 0.338 e. The molecule has 1 aromatic carbocycles. The minimum absolute atomic E-state index is 0.221. The SMILES string of the molecule is CCCCNC(=O)COC(=O)c1cc(Cl)cc(Cl)c1. The second-order valence-electron chi connectivity index (χ2n) is 3.94. The van der Waals surface area contributed by atoms with E-state index in [1.54, 1.807) is 0 Å². The van der Waals surface area contributed by atoms with Crippen LogP contribution in [0.4, 0.5) is 0 Å². The van der Waals surface area contributed by atoms with E-state index < -0.39 is 5.97 Å². The predicted octanol–water partition coefficient (Wildman–Crippen LogP) is 3.07. The van der Waals surface area contributed by atoms with Crippen LogP contribution in [-0.2, 0) is 9.53 Å². The molecule has 0 heterocycles. The van der Waals surface area contributed by atoms with E-state index in [1.165, 1.54) is 18.2 Å². The van der Waals surface area contributed by atoms with Gasteiger partial charge in [-0.2, -0.15) is 0 Å². The van der Waals surface area contributed by atoms with Crippen LogP contribution in [0.3, 0.4) is 0 Å². The number of benzene rings is 1. The first kappa shape index (κ1) is 15.8. The van der Waals surface area contributed by atoms with Crippen molar-refractivity contribution in [2.45, 2.75) is 19.8 Å². The molecule has 0 saturated heterocycles. The summed E-state index contributed by atoms with van der Waals surface area (Å²) in [5.74, 6) is -0.954. The lowest BCUT2D eigenvalue weighted by atomic mass is 10.2. The second kappa shape index (κ2) is 8.02. The third kappa shape index (κ3) is 5.94. The normalized spacial score (nSPS) is 10.1. The minimum Gasteiger partial charge on any atom is -0.452 e. The maximum absolute atomic E-state index is 11.7. The van der Waals surface area contributed by atoms with Gasteiger partial charge in [-0.1, -0.05) is 36.5 Å². The average molecular weight is 304 g/mol. The van der Waals surface area contributed by atoms with E-state index in [0.29, 0.717) is 16.6 Å². The van der Waals surface area contributed by atoms with E-state index in [4.69, 9.17) is 27.9 Å². The molecule has 1 aromatic rings. The van der Waals surface area contributed by atoms with Gasteiger partial charge in [0.25, 0.3) is 5.91 Å². The number of nitrogens with one attached hydrogen (secondary N) is 1. The van der Waals surface area contributed by atoms with Crippen LogP contribution in [-0.4, -0.2) is 25.0 Å². The summed E-state index contributed by atoms with van der Waals surface area (Å²) in [6.45, 7) is 2.29. The van der Waals surface area contributed by atoms with Crippen molar-refractivity contribution in [1.82, 2.24) is 5.32 Å². The van der Waals surface area contributed by atoms with Crippen molar-refractivity contribution >= 4 is 35.1 Å². The Labute approximate surface area is 122 Å². The van der Waals surface area contributed by atoms with Gasteiger partial charge in [0.05, 0.1) is 5.56 Å². The molecule has 0 aliphatic heterocycles. The minimum atomic E-state index is -0.630. The van der Waals surface area contributed by atoms with Crippen LogP contribution < -0.4 is 5.32 Å². The molecule has 19 heavy (non-hydrogen) atoms. The van der Waals surface area contributed by atoms with Crippen LogP contribution in [0.1, 0.15) is 30.1 Å². The number of rotatable bonds is 6. The number of amides is 1. The Morgan fingerprint density at radius 1 is 1.21 bits per heavy atom. The summed E-state index contributed by atoms with van der Waals surface area (Å²) in [5.41, 5.74) is 0.221. The Balaban J connectivity index is 2.44. The van der Waals surface area contributed by atoms with Gasteiger partial charge in [-0.3, -0.25) is 4.79 Å². The van der Waals surface area contributed by atoms with Gasteiger partial charge in [0.1, 0.15) is 0 Å². The molecule has 0 saturated carbocycles. The average Bonchev–Trinajstić information content (AvgIpc) is 2.35. The summed E-state index contributed by atoms with van der Waals surface area (Å²) in [7, 11) is 0. The van der Waals surface area contributed by atoms with E-state index in [0.717, 1.165) is 12.8 Å². The van der Waals surface area contributed by atoms with Crippen molar-refractivity contribution in [2.75, 3.05) is 13.2 Å². The third-order valence-electron chi connectivity index (χ3n) is 2.29. The van der Waals surface area contributed by atoms with E-state index in [2.05, 4.69) is 5.32 Å². The standard InChI is InChI=1S/C13H15Cl2NO3/c1-2-3-4-16-12(17)8-19-13(18)9-5-10(14)7-11(15)6-9/h5-7H,2-4,8H2,1H3,(H,16,17). The lowest BCUT2D eigenvalue weighted by Gasteiger charge is -2.06. The van der Waals surface area contributed by atoms with Gasteiger partial charge >= 0.3 is 5.97 Å². The van der Waals surface area contributed by atoms with Crippen LogP contribution in [0.15, 0.2) is 18.2 Å². The van der Waals surface area contributed by atoms with E-state index in [9.17, 15) is 9.59 Å². The zero-order valence-corrected chi connectivity index (χ0v) is 12.1. The molecule has 0 atom stereocenters. The smallest absolute Gasteiger partial charge is 0.338 e. The monoisotopic (exact) mass is 303 g/mol. The largest absolute Gasteiger partial charge is 0.452 e. The van der Waals surface area contributed by atoms with Crippen LogP contribution in [0.5, 0.6) is 0 Å². The van der Waals surface area contributed by atoms with Gasteiger partial charge < -0.3 is 10.1 Å². The Bertz CT molecular complexity index is 443. The van der Waals surface area contributed by atoms with E-state index >= 15 is 0 Å². The van der Waals surface area contributed by atoms with Gasteiger partial charge in [-0.25, -0.2) is 4.79 Å². The van der Waals surface area contributed by atoms with Crippen molar-refractivity contribution in [1.29, 1.82) is 0 Å². The van der Waals surface area contributed by atoms with Crippen LogP contribution in [0, 0.1) is 0 Å². The molecule has 0 aromatic heterocycles.